The van der Waals surface area contributed by atoms with Crippen LogP contribution in [0.2, 0.25) is 5.02 Å². The van der Waals surface area contributed by atoms with Crippen molar-refractivity contribution < 1.29 is 56.0 Å². The molecule has 48 heavy (non-hydrogen) atoms. The lowest BCUT2D eigenvalue weighted by atomic mass is 10.3. The Labute approximate surface area is 276 Å². The third-order valence-electron chi connectivity index (χ3n) is 6.06. The number of fused-ring (bicyclic) bond motifs is 1. The summed E-state index contributed by atoms with van der Waals surface area (Å²) in [5.74, 6) is 0.198. The van der Waals surface area contributed by atoms with E-state index in [9.17, 15) is 22.8 Å². The van der Waals surface area contributed by atoms with Gasteiger partial charge >= 0.3 is 24.2 Å². The summed E-state index contributed by atoms with van der Waals surface area (Å²) in [5.41, 5.74) is 0.338. The summed E-state index contributed by atoms with van der Waals surface area (Å²) in [6, 6.07) is 19.8. The van der Waals surface area contributed by atoms with Gasteiger partial charge in [-0.3, -0.25) is 0 Å². The first-order valence-electron chi connectivity index (χ1n) is 14.2. The summed E-state index contributed by atoms with van der Waals surface area (Å²) in [4.78, 5) is 30.0. The minimum absolute atomic E-state index is 0.00516. The van der Waals surface area contributed by atoms with E-state index in [-0.39, 0.29) is 12.0 Å². The van der Waals surface area contributed by atoms with Crippen LogP contribution in [0.15, 0.2) is 89.5 Å². The van der Waals surface area contributed by atoms with Crippen LogP contribution in [0.3, 0.4) is 0 Å². The third kappa shape index (κ3) is 10.3. The van der Waals surface area contributed by atoms with Crippen molar-refractivity contribution in [3.8, 4) is 35.0 Å². The van der Waals surface area contributed by atoms with Crippen LogP contribution in [0.5, 0.6) is 35.0 Å². The molecule has 252 valence electrons. The van der Waals surface area contributed by atoms with E-state index >= 15 is 0 Å². The van der Waals surface area contributed by atoms with Crippen LogP contribution >= 0.6 is 11.6 Å². The van der Waals surface area contributed by atoms with Gasteiger partial charge in [0.25, 0.3) is 0 Å². The van der Waals surface area contributed by atoms with E-state index < -0.39 is 35.9 Å². The van der Waals surface area contributed by atoms with Gasteiger partial charge in [0.1, 0.15) is 28.5 Å². The number of carboxylic acids is 1. The molecule has 0 aliphatic carbocycles. The number of carbonyl (C=O) groups excluding carboxylic acids is 1. The molecule has 15 heteroatoms. The molecule has 2 atom stereocenters. The number of hydrogen-bond acceptors (Lipinski definition) is 10. The summed E-state index contributed by atoms with van der Waals surface area (Å²) >= 11 is 5.91. The average molecular weight is 689 g/mol. The first-order valence-corrected chi connectivity index (χ1v) is 14.6. The number of alkyl halides is 3. The SMILES string of the molecule is CCOC(=O)[C@@H](C)Oc1ccc(Oc2nc3ccc(Cl)cc3o2)cc1.C[C@@H](Oc1ccc(Oc2ccc(C(F)(F)F)cn2)cc1)C(=O)O. The molecule has 0 saturated carbocycles. The highest BCUT2D eigenvalue weighted by Crippen LogP contribution is 2.31. The van der Waals surface area contributed by atoms with Crippen LogP contribution in [0.25, 0.3) is 11.1 Å². The standard InChI is InChI=1S/C18H16ClNO5.C15H12F3NO4/c1-3-22-17(21)11(2)23-13-5-7-14(8-6-13)24-18-20-15-9-4-12(19)10-16(15)25-18;1-9(14(20)21)22-11-3-5-12(6-4-11)23-13-7-2-10(8-19-13)15(16,17)18/h4-11H,3H2,1-2H3;2-9H,1H3,(H,20,21)/t11-;9-/m11/s1. The number of hydrogen-bond donors (Lipinski definition) is 1. The molecular weight excluding hydrogens is 661 g/mol. The van der Waals surface area contributed by atoms with E-state index in [4.69, 9.17) is 44.8 Å². The highest BCUT2D eigenvalue weighted by molar-refractivity contribution is 6.31. The Morgan fingerprint density at radius 2 is 1.44 bits per heavy atom. The van der Waals surface area contributed by atoms with Gasteiger partial charge in [-0.25, -0.2) is 14.6 Å². The fraction of sp³-hybridized carbons (Fsp3) is 0.212. The second-order valence-corrected chi connectivity index (χ2v) is 10.2. The zero-order valence-corrected chi connectivity index (χ0v) is 26.3. The second-order valence-electron chi connectivity index (χ2n) is 9.73. The number of esters is 1. The number of ether oxygens (including phenoxy) is 5. The molecule has 11 nitrogen and oxygen atoms in total. The molecule has 0 radical (unpaired) electrons. The molecule has 2 heterocycles. The molecule has 0 fully saturated rings. The smallest absolute Gasteiger partial charge is 0.417 e. The largest absolute Gasteiger partial charge is 0.479 e. The van der Waals surface area contributed by atoms with Gasteiger partial charge in [-0.2, -0.15) is 18.2 Å². The fourth-order valence-electron chi connectivity index (χ4n) is 3.69. The predicted molar refractivity (Wildman–Crippen MR) is 166 cm³/mol. The fourth-order valence-corrected chi connectivity index (χ4v) is 3.85. The summed E-state index contributed by atoms with van der Waals surface area (Å²) in [6.07, 6.45) is -5.34. The average Bonchev–Trinajstić information content (AvgIpc) is 3.44. The number of nitrogens with zero attached hydrogens (tertiary/aromatic N) is 2. The van der Waals surface area contributed by atoms with Gasteiger partial charge in [0.2, 0.25) is 5.88 Å². The van der Waals surface area contributed by atoms with Crippen LogP contribution in [-0.4, -0.2) is 45.8 Å². The minimum atomic E-state index is -4.45. The van der Waals surface area contributed by atoms with Gasteiger partial charge in [-0.1, -0.05) is 11.6 Å². The number of pyridine rings is 1. The zero-order valence-electron chi connectivity index (χ0n) is 25.6. The number of carbonyl (C=O) groups is 2. The molecule has 5 rings (SSSR count). The Bertz CT molecular complexity index is 1810. The van der Waals surface area contributed by atoms with Gasteiger partial charge in [-0.05, 0) is 87.5 Å². The quantitative estimate of drug-likeness (QED) is 0.134. The molecule has 0 aliphatic rings. The number of oxazole rings is 1. The molecule has 1 N–H and O–H groups in total. The first-order chi connectivity index (χ1) is 22.8. The van der Waals surface area contributed by atoms with Gasteiger partial charge in [0.05, 0.1) is 12.2 Å². The van der Waals surface area contributed by atoms with E-state index in [2.05, 4.69) is 9.97 Å². The number of benzene rings is 3. The number of rotatable bonds is 11. The van der Waals surface area contributed by atoms with E-state index in [0.29, 0.717) is 51.9 Å². The van der Waals surface area contributed by atoms with Crippen molar-refractivity contribution in [1.82, 2.24) is 9.97 Å². The summed E-state index contributed by atoms with van der Waals surface area (Å²) < 4.78 is 69.2. The lowest BCUT2D eigenvalue weighted by Gasteiger charge is -2.13. The molecule has 0 amide bonds. The number of aromatic nitrogens is 2. The van der Waals surface area contributed by atoms with Crippen molar-refractivity contribution in [2.24, 2.45) is 0 Å². The Morgan fingerprint density at radius 1 is 0.854 bits per heavy atom. The van der Waals surface area contributed by atoms with Gasteiger partial charge < -0.3 is 33.2 Å². The van der Waals surface area contributed by atoms with Gasteiger partial charge in [0, 0.05) is 23.4 Å². The Kier molecular flexibility index (Phi) is 11.7. The van der Waals surface area contributed by atoms with Crippen molar-refractivity contribution in [2.75, 3.05) is 6.61 Å². The highest BCUT2D eigenvalue weighted by atomic mass is 35.5. The highest BCUT2D eigenvalue weighted by Gasteiger charge is 2.30. The number of aliphatic carboxylic acids is 1. The molecule has 0 saturated heterocycles. The van der Waals surface area contributed by atoms with Crippen LogP contribution < -0.4 is 18.9 Å². The van der Waals surface area contributed by atoms with E-state index in [1.54, 1.807) is 56.3 Å². The lowest BCUT2D eigenvalue weighted by molar-refractivity contribution is -0.150. The normalized spacial score (nSPS) is 12.2. The van der Waals surface area contributed by atoms with Crippen LogP contribution in [0.4, 0.5) is 13.2 Å². The van der Waals surface area contributed by atoms with Crippen molar-refractivity contribution >= 4 is 34.6 Å². The van der Waals surface area contributed by atoms with Crippen molar-refractivity contribution in [3.63, 3.8) is 0 Å². The predicted octanol–water partition coefficient (Wildman–Crippen LogP) is 8.35. The molecule has 0 bridgehead atoms. The minimum Gasteiger partial charge on any atom is -0.479 e. The lowest BCUT2D eigenvalue weighted by Crippen LogP contribution is -2.25. The molecule has 2 aromatic heterocycles. The third-order valence-corrected chi connectivity index (χ3v) is 6.30. The molecular formula is C33H28ClF3N2O9. The summed E-state index contributed by atoms with van der Waals surface area (Å²) in [6.45, 7) is 5.08. The molecule has 5 aromatic rings. The number of halogens is 4. The van der Waals surface area contributed by atoms with Crippen molar-refractivity contribution in [3.05, 3.63) is 95.6 Å². The number of carboxylic acid groups (broad SMARTS) is 1. The molecule has 3 aromatic carbocycles. The van der Waals surface area contributed by atoms with Crippen LogP contribution in [0, 0.1) is 0 Å². The Hall–Kier alpha value is -5.50. The topological polar surface area (TPSA) is 139 Å². The summed E-state index contributed by atoms with van der Waals surface area (Å²) in [7, 11) is 0. The Morgan fingerprint density at radius 3 is 1.98 bits per heavy atom. The first kappa shape index (κ1) is 35.4. The molecule has 0 spiro atoms. The van der Waals surface area contributed by atoms with E-state index in [1.807, 2.05) is 0 Å². The van der Waals surface area contributed by atoms with Crippen LogP contribution in [0.1, 0.15) is 26.3 Å². The zero-order chi connectivity index (χ0) is 34.8. The van der Waals surface area contributed by atoms with Crippen molar-refractivity contribution in [1.29, 1.82) is 0 Å². The van der Waals surface area contributed by atoms with Gasteiger partial charge in [-0.15, -0.1) is 0 Å². The van der Waals surface area contributed by atoms with Crippen LogP contribution in [-0.2, 0) is 20.5 Å². The maximum absolute atomic E-state index is 12.4. The molecule has 0 aliphatic heterocycles. The Balaban J connectivity index is 0.000000218. The van der Waals surface area contributed by atoms with Gasteiger partial charge in [0.15, 0.2) is 17.8 Å². The summed E-state index contributed by atoms with van der Waals surface area (Å²) in [5, 5.41) is 9.30. The monoisotopic (exact) mass is 688 g/mol. The van der Waals surface area contributed by atoms with E-state index in [1.165, 1.54) is 31.2 Å². The molecule has 0 unspecified atom stereocenters. The van der Waals surface area contributed by atoms with Crippen molar-refractivity contribution in [2.45, 2.75) is 39.2 Å². The maximum atomic E-state index is 12.4. The second kappa shape index (κ2) is 15.9. The maximum Gasteiger partial charge on any atom is 0.417 e. The van der Waals surface area contributed by atoms with E-state index in [0.717, 1.165) is 12.1 Å².